The van der Waals surface area contributed by atoms with Gasteiger partial charge in [-0.05, 0) is 20.9 Å². The van der Waals surface area contributed by atoms with Crippen molar-refractivity contribution in [1.82, 2.24) is 0 Å². The molecule has 0 spiro atoms. The van der Waals surface area contributed by atoms with Crippen LogP contribution in [-0.2, 0) is 0 Å². The Bertz CT molecular complexity index is 240. The molecule has 0 N–H and O–H groups in total. The average molecular weight is 214 g/mol. The first kappa shape index (κ1) is 13.4. The van der Waals surface area contributed by atoms with Gasteiger partial charge in [-0.25, -0.2) is 0 Å². The maximum Gasteiger partial charge on any atom is 0.248 e. The summed E-state index contributed by atoms with van der Waals surface area (Å²) in [5.74, 6) is 0.481. The SMILES string of the molecule is N1=NC(=C2N=NN=N2)N=N1.[K].[K]. The molecule has 0 aromatic heterocycles. The van der Waals surface area contributed by atoms with Crippen molar-refractivity contribution >= 4 is 103 Å². The summed E-state index contributed by atoms with van der Waals surface area (Å²) in [5.41, 5.74) is 0. The summed E-state index contributed by atoms with van der Waals surface area (Å²) >= 11 is 0. The summed E-state index contributed by atoms with van der Waals surface area (Å²) < 4.78 is 0. The number of nitrogens with zero attached hydrogens (tertiary/aromatic N) is 8. The molecule has 0 aliphatic carbocycles. The Morgan fingerprint density at radius 3 is 1.00 bits per heavy atom. The maximum atomic E-state index is 3.48. The standard InChI is InChI=1S/C2N8.2K/c3-1(4-8-7-3)2-5-9-10-6-2;;. The van der Waals surface area contributed by atoms with Gasteiger partial charge in [0.25, 0.3) is 0 Å². The average Bonchev–Trinajstić information content (AvgIpc) is 2.59. The molecule has 0 aromatic rings. The number of rotatable bonds is 0. The van der Waals surface area contributed by atoms with E-state index < -0.39 is 0 Å². The molecular weight excluding hydrogens is 214 g/mol. The van der Waals surface area contributed by atoms with Crippen LogP contribution in [0.15, 0.2) is 53.0 Å². The fraction of sp³-hybridized carbons (Fsp3) is 0. The molecule has 2 heterocycles. The van der Waals surface area contributed by atoms with Crippen molar-refractivity contribution in [2.45, 2.75) is 0 Å². The Morgan fingerprint density at radius 2 is 0.750 bits per heavy atom. The minimum atomic E-state index is 0. The largest absolute Gasteiger partial charge is 0.248 e. The van der Waals surface area contributed by atoms with Crippen LogP contribution in [0.4, 0.5) is 0 Å². The maximum absolute atomic E-state index is 3.48. The van der Waals surface area contributed by atoms with E-state index in [1.807, 2.05) is 0 Å². The molecule has 2 aliphatic heterocycles. The minimum Gasteiger partial charge on any atom is -0.102 e. The van der Waals surface area contributed by atoms with E-state index in [1.165, 1.54) is 0 Å². The fourth-order valence-electron chi connectivity index (χ4n) is 0.468. The van der Waals surface area contributed by atoms with Crippen LogP contribution in [0.5, 0.6) is 0 Å². The van der Waals surface area contributed by atoms with Gasteiger partial charge >= 0.3 is 0 Å². The van der Waals surface area contributed by atoms with E-state index in [0.717, 1.165) is 0 Å². The van der Waals surface area contributed by atoms with Crippen LogP contribution in [-0.4, -0.2) is 103 Å². The van der Waals surface area contributed by atoms with Gasteiger partial charge in [0.1, 0.15) is 0 Å². The fourth-order valence-corrected chi connectivity index (χ4v) is 0.468. The topological polar surface area (TPSA) is 98.9 Å². The van der Waals surface area contributed by atoms with Crippen LogP contribution in [0.2, 0.25) is 0 Å². The normalized spacial score (nSPS) is 16.7. The first-order chi connectivity index (χ1) is 4.97. The van der Waals surface area contributed by atoms with Gasteiger partial charge in [0.15, 0.2) is 0 Å². The minimum absolute atomic E-state index is 0. The van der Waals surface area contributed by atoms with E-state index in [-0.39, 0.29) is 114 Å². The number of hydrogen-bond donors (Lipinski definition) is 0. The first-order valence-corrected chi connectivity index (χ1v) is 2.34. The Kier molecular flexibility index (Phi) is 7.61. The summed E-state index contributed by atoms with van der Waals surface area (Å²) in [6, 6.07) is 0. The third kappa shape index (κ3) is 3.28. The molecule has 50 valence electrons. The second kappa shape index (κ2) is 6.81. The van der Waals surface area contributed by atoms with E-state index >= 15 is 0 Å². The Balaban J connectivity index is 0.000000605. The Hall–Kier alpha value is 1.41. The molecular formula is C2K2N8. The second-order valence-corrected chi connectivity index (χ2v) is 1.40. The molecule has 0 aromatic carbocycles. The van der Waals surface area contributed by atoms with Gasteiger partial charge in [-0.15, -0.1) is 20.5 Å². The van der Waals surface area contributed by atoms with Crippen molar-refractivity contribution < 1.29 is 0 Å². The van der Waals surface area contributed by atoms with Gasteiger partial charge in [0, 0.05) is 103 Å². The van der Waals surface area contributed by atoms with Crippen LogP contribution in [0.1, 0.15) is 0 Å². The van der Waals surface area contributed by atoms with Gasteiger partial charge in [-0.2, -0.15) is 0 Å². The van der Waals surface area contributed by atoms with Gasteiger partial charge in [0.05, 0.1) is 0 Å². The summed E-state index contributed by atoms with van der Waals surface area (Å²) in [6.07, 6.45) is 0. The molecule has 0 saturated carbocycles. The van der Waals surface area contributed by atoms with E-state index in [9.17, 15) is 0 Å². The van der Waals surface area contributed by atoms with E-state index in [4.69, 9.17) is 0 Å². The van der Waals surface area contributed by atoms with Gasteiger partial charge < -0.3 is 0 Å². The van der Waals surface area contributed by atoms with Crippen LogP contribution in [0.3, 0.4) is 0 Å². The van der Waals surface area contributed by atoms with Crippen molar-refractivity contribution in [3.05, 3.63) is 11.6 Å². The Morgan fingerprint density at radius 1 is 0.500 bits per heavy atom. The molecule has 12 heavy (non-hydrogen) atoms. The van der Waals surface area contributed by atoms with Crippen molar-refractivity contribution in [2.75, 3.05) is 0 Å². The van der Waals surface area contributed by atoms with E-state index in [1.54, 1.807) is 0 Å². The molecule has 0 unspecified atom stereocenters. The van der Waals surface area contributed by atoms with E-state index in [0.29, 0.717) is 0 Å². The van der Waals surface area contributed by atoms with Crippen molar-refractivity contribution in [2.24, 2.45) is 41.4 Å². The quantitative estimate of drug-likeness (QED) is 0.538. The number of hydrogen-bond acceptors (Lipinski definition) is 8. The zero-order valence-electron chi connectivity index (χ0n) is 6.58. The summed E-state index contributed by atoms with van der Waals surface area (Å²) in [5, 5.41) is 26.9. The molecule has 10 heteroatoms. The summed E-state index contributed by atoms with van der Waals surface area (Å²) in [7, 11) is 0. The summed E-state index contributed by atoms with van der Waals surface area (Å²) in [4.78, 5) is 0. The molecule has 0 fully saturated rings. The molecule has 0 saturated heterocycles. The molecule has 8 nitrogen and oxygen atoms in total. The third-order valence-corrected chi connectivity index (χ3v) is 0.838. The Labute approximate surface area is 152 Å². The van der Waals surface area contributed by atoms with Crippen LogP contribution < -0.4 is 0 Å². The van der Waals surface area contributed by atoms with Crippen LogP contribution >= 0.6 is 0 Å². The molecule has 0 atom stereocenters. The smallest absolute Gasteiger partial charge is 0.102 e. The molecule has 0 bridgehead atoms. The first-order valence-electron chi connectivity index (χ1n) is 2.34. The summed E-state index contributed by atoms with van der Waals surface area (Å²) in [6.45, 7) is 0. The second-order valence-electron chi connectivity index (χ2n) is 1.40. The van der Waals surface area contributed by atoms with Crippen LogP contribution in [0, 0.1) is 0 Å². The zero-order chi connectivity index (χ0) is 6.81. The van der Waals surface area contributed by atoms with Crippen molar-refractivity contribution in [3.8, 4) is 0 Å². The molecule has 0 amide bonds. The van der Waals surface area contributed by atoms with Gasteiger partial charge in [-0.1, -0.05) is 0 Å². The monoisotopic (exact) mass is 214 g/mol. The molecule has 2 rings (SSSR count). The van der Waals surface area contributed by atoms with Gasteiger partial charge in [-0.3, -0.25) is 0 Å². The van der Waals surface area contributed by atoms with Crippen LogP contribution in [0.25, 0.3) is 0 Å². The van der Waals surface area contributed by atoms with Gasteiger partial charge in [0.2, 0.25) is 11.6 Å². The van der Waals surface area contributed by atoms with Crippen molar-refractivity contribution in [3.63, 3.8) is 0 Å². The third-order valence-electron chi connectivity index (χ3n) is 0.838. The molecule has 2 aliphatic rings. The predicted octanol–water partition coefficient (Wildman–Crippen LogP) is 1.02. The predicted molar refractivity (Wildman–Crippen MR) is 38.0 cm³/mol. The van der Waals surface area contributed by atoms with Crippen molar-refractivity contribution in [1.29, 1.82) is 0 Å². The molecule has 2 radical (unpaired) electrons. The zero-order valence-corrected chi connectivity index (χ0v) is 12.8. The van der Waals surface area contributed by atoms with E-state index in [2.05, 4.69) is 41.4 Å².